The molecule has 0 aliphatic heterocycles. The lowest BCUT2D eigenvalue weighted by Gasteiger charge is -2.01. The Morgan fingerprint density at radius 1 is 1.07 bits per heavy atom. The Bertz CT molecular complexity index is 610. The van der Waals surface area contributed by atoms with Crippen molar-refractivity contribution in [1.82, 2.24) is 9.97 Å². The molecule has 68 valence electrons. The fourth-order valence-electron chi connectivity index (χ4n) is 1.74. The molecule has 3 rings (SSSR count). The molecule has 1 aromatic carbocycles. The van der Waals surface area contributed by atoms with Gasteiger partial charge in [0.2, 0.25) is 0 Å². The number of nitrogen functional groups attached to an aromatic ring is 1. The fourth-order valence-corrected chi connectivity index (χ4v) is 1.74. The lowest BCUT2D eigenvalue weighted by atomic mass is 10.1. The number of anilines is 1. The lowest BCUT2D eigenvalue weighted by Crippen LogP contribution is -1.89. The number of rotatable bonds is 0. The number of hydrogen-bond acceptors (Lipinski definition) is 2. The zero-order valence-corrected chi connectivity index (χ0v) is 7.49. The summed E-state index contributed by atoms with van der Waals surface area (Å²) in [5, 5.41) is 2.27. The van der Waals surface area contributed by atoms with Crippen molar-refractivity contribution in [2.75, 3.05) is 5.73 Å². The van der Waals surface area contributed by atoms with Gasteiger partial charge in [0.15, 0.2) is 0 Å². The number of aromatic nitrogens is 2. The summed E-state index contributed by atoms with van der Waals surface area (Å²) in [7, 11) is 0. The summed E-state index contributed by atoms with van der Waals surface area (Å²) in [6, 6.07) is 9.92. The molecule has 0 aliphatic carbocycles. The highest BCUT2D eigenvalue weighted by Crippen LogP contribution is 2.23. The summed E-state index contributed by atoms with van der Waals surface area (Å²) in [5.74, 6) is 0.672. The second kappa shape index (κ2) is 2.48. The Hall–Kier alpha value is -2.03. The standard InChI is InChI=1S/C11H9N3/c12-10-4-2-7-1-3-9-8(5-6-13-9)11(7)14-10/h1-6,14H,12H2. The molecule has 3 N–H and O–H groups in total. The predicted octanol–water partition coefficient (Wildman–Crippen LogP) is 2.30. The molecule has 2 aromatic heterocycles. The Labute approximate surface area is 80.6 Å². The highest BCUT2D eigenvalue weighted by molar-refractivity contribution is 6.04. The summed E-state index contributed by atoms with van der Waals surface area (Å²) in [5.41, 5.74) is 7.76. The van der Waals surface area contributed by atoms with Crippen LogP contribution in [0.4, 0.5) is 5.82 Å². The lowest BCUT2D eigenvalue weighted by molar-refractivity contribution is 1.43. The van der Waals surface area contributed by atoms with E-state index in [9.17, 15) is 0 Å². The maximum Gasteiger partial charge on any atom is 0.100 e. The van der Waals surface area contributed by atoms with Crippen LogP contribution in [0.2, 0.25) is 0 Å². The molecule has 0 saturated heterocycles. The van der Waals surface area contributed by atoms with Crippen LogP contribution < -0.4 is 5.73 Å². The van der Waals surface area contributed by atoms with Gasteiger partial charge in [-0.05, 0) is 29.7 Å². The maximum atomic E-state index is 5.71. The third kappa shape index (κ3) is 0.893. The van der Waals surface area contributed by atoms with Crippen LogP contribution in [0.5, 0.6) is 0 Å². The minimum absolute atomic E-state index is 0.672. The molecule has 3 heteroatoms. The van der Waals surface area contributed by atoms with Crippen LogP contribution in [-0.4, -0.2) is 9.97 Å². The van der Waals surface area contributed by atoms with Gasteiger partial charge < -0.3 is 10.7 Å². The molecular formula is C11H9N3. The minimum Gasteiger partial charge on any atom is -0.385 e. The topological polar surface area (TPSA) is 54.7 Å². The van der Waals surface area contributed by atoms with Crippen LogP contribution >= 0.6 is 0 Å². The molecule has 14 heavy (non-hydrogen) atoms. The first-order valence-corrected chi connectivity index (χ1v) is 4.46. The van der Waals surface area contributed by atoms with Gasteiger partial charge >= 0.3 is 0 Å². The van der Waals surface area contributed by atoms with Gasteiger partial charge in [-0.15, -0.1) is 0 Å². The van der Waals surface area contributed by atoms with Gasteiger partial charge in [0.1, 0.15) is 5.82 Å². The number of nitrogens with two attached hydrogens (primary N) is 1. The van der Waals surface area contributed by atoms with Crippen molar-refractivity contribution < 1.29 is 0 Å². The number of hydrogen-bond donors (Lipinski definition) is 2. The van der Waals surface area contributed by atoms with Crippen LogP contribution in [0.1, 0.15) is 0 Å². The van der Waals surface area contributed by atoms with Crippen LogP contribution in [0.25, 0.3) is 21.8 Å². The smallest absolute Gasteiger partial charge is 0.100 e. The Kier molecular flexibility index (Phi) is 1.31. The van der Waals surface area contributed by atoms with Crippen molar-refractivity contribution in [3.63, 3.8) is 0 Å². The molecule has 0 unspecified atom stereocenters. The minimum atomic E-state index is 0.672. The molecule has 3 nitrogen and oxygen atoms in total. The molecule has 0 fully saturated rings. The normalized spacial score (nSPS) is 11.1. The number of nitrogens with one attached hydrogen (secondary N) is 1. The third-order valence-electron chi connectivity index (χ3n) is 2.42. The number of aromatic amines is 1. The van der Waals surface area contributed by atoms with Gasteiger partial charge in [-0.1, -0.05) is 6.07 Å². The van der Waals surface area contributed by atoms with Gasteiger partial charge in [-0.2, -0.15) is 0 Å². The van der Waals surface area contributed by atoms with Crippen molar-refractivity contribution in [2.45, 2.75) is 0 Å². The van der Waals surface area contributed by atoms with Crippen molar-refractivity contribution in [1.29, 1.82) is 0 Å². The van der Waals surface area contributed by atoms with E-state index in [1.54, 1.807) is 6.20 Å². The number of pyridine rings is 1. The quantitative estimate of drug-likeness (QED) is 0.561. The first-order valence-electron chi connectivity index (χ1n) is 4.46. The van der Waals surface area contributed by atoms with Crippen LogP contribution in [0, 0.1) is 0 Å². The Balaban J connectivity index is 2.60. The highest BCUT2D eigenvalue weighted by atomic mass is 14.8. The molecule has 0 amide bonds. The van der Waals surface area contributed by atoms with E-state index >= 15 is 0 Å². The van der Waals surface area contributed by atoms with E-state index < -0.39 is 0 Å². The number of H-pyrrole nitrogens is 1. The van der Waals surface area contributed by atoms with Crippen molar-refractivity contribution in [3.8, 4) is 0 Å². The molecule has 0 saturated carbocycles. The largest absolute Gasteiger partial charge is 0.385 e. The zero-order valence-electron chi connectivity index (χ0n) is 7.49. The summed E-state index contributed by atoms with van der Waals surface area (Å²) in [4.78, 5) is 7.39. The Morgan fingerprint density at radius 2 is 1.93 bits per heavy atom. The van der Waals surface area contributed by atoms with E-state index in [1.165, 1.54) is 0 Å². The van der Waals surface area contributed by atoms with Crippen molar-refractivity contribution in [3.05, 3.63) is 36.5 Å². The highest BCUT2D eigenvalue weighted by Gasteiger charge is 2.01. The van der Waals surface area contributed by atoms with E-state index in [1.807, 2.05) is 30.3 Å². The van der Waals surface area contributed by atoms with E-state index in [2.05, 4.69) is 9.97 Å². The monoisotopic (exact) mass is 183 g/mol. The van der Waals surface area contributed by atoms with Crippen LogP contribution in [-0.2, 0) is 0 Å². The van der Waals surface area contributed by atoms with E-state index in [0.29, 0.717) is 5.82 Å². The van der Waals surface area contributed by atoms with Crippen LogP contribution in [0.15, 0.2) is 36.5 Å². The molecule has 0 bridgehead atoms. The Morgan fingerprint density at radius 3 is 2.86 bits per heavy atom. The first kappa shape index (κ1) is 7.38. The molecule has 0 radical (unpaired) electrons. The van der Waals surface area contributed by atoms with E-state index in [-0.39, 0.29) is 0 Å². The van der Waals surface area contributed by atoms with Gasteiger partial charge in [-0.25, -0.2) is 0 Å². The zero-order chi connectivity index (χ0) is 9.54. The van der Waals surface area contributed by atoms with E-state index in [4.69, 9.17) is 5.73 Å². The van der Waals surface area contributed by atoms with Crippen LogP contribution in [0.3, 0.4) is 0 Å². The average molecular weight is 183 g/mol. The van der Waals surface area contributed by atoms with Gasteiger partial charge in [0.25, 0.3) is 0 Å². The molecule has 0 atom stereocenters. The van der Waals surface area contributed by atoms with Gasteiger partial charge in [-0.3, -0.25) is 4.98 Å². The number of fused-ring (bicyclic) bond motifs is 3. The molecular weight excluding hydrogens is 174 g/mol. The predicted molar refractivity (Wildman–Crippen MR) is 58.0 cm³/mol. The molecule has 0 spiro atoms. The SMILES string of the molecule is Nc1ccc2ccc3nccc3c2[nH]1. The number of nitrogens with zero attached hydrogens (tertiary/aromatic N) is 1. The second-order valence-electron chi connectivity index (χ2n) is 3.32. The maximum absolute atomic E-state index is 5.71. The van der Waals surface area contributed by atoms with Crippen molar-refractivity contribution >= 4 is 27.6 Å². The average Bonchev–Trinajstić information content (AvgIpc) is 2.65. The number of benzene rings is 1. The molecule has 2 heterocycles. The summed E-state index contributed by atoms with van der Waals surface area (Å²) in [6.45, 7) is 0. The molecule has 0 aliphatic rings. The van der Waals surface area contributed by atoms with Crippen molar-refractivity contribution in [2.24, 2.45) is 0 Å². The first-order chi connectivity index (χ1) is 6.84. The van der Waals surface area contributed by atoms with Gasteiger partial charge in [0.05, 0.1) is 11.0 Å². The summed E-state index contributed by atoms with van der Waals surface area (Å²) >= 11 is 0. The summed E-state index contributed by atoms with van der Waals surface area (Å²) < 4.78 is 0. The van der Waals surface area contributed by atoms with Gasteiger partial charge in [0, 0.05) is 11.6 Å². The molecule has 3 aromatic rings. The summed E-state index contributed by atoms with van der Waals surface area (Å²) in [6.07, 6.45) is 1.81. The fraction of sp³-hybridized carbons (Fsp3) is 0. The van der Waals surface area contributed by atoms with E-state index in [0.717, 1.165) is 21.8 Å². The second-order valence-corrected chi connectivity index (χ2v) is 3.32. The third-order valence-corrected chi connectivity index (χ3v) is 2.42.